The average Bonchev–Trinajstić information content (AvgIpc) is 3.12. The van der Waals surface area contributed by atoms with E-state index in [2.05, 4.69) is 38.5 Å². The number of fused-ring (bicyclic) bond motifs is 6. The highest BCUT2D eigenvalue weighted by Crippen LogP contribution is 2.49. The summed E-state index contributed by atoms with van der Waals surface area (Å²) >= 11 is 0. The Morgan fingerprint density at radius 3 is 3.05 bits per heavy atom. The van der Waals surface area contributed by atoms with Crippen LogP contribution in [0, 0.1) is 17.8 Å². The number of carbonyl (C=O) groups is 1. The molecule has 0 saturated heterocycles. The molecule has 116 valence electrons. The van der Waals surface area contributed by atoms with Crippen molar-refractivity contribution in [1.29, 1.82) is 0 Å². The van der Waals surface area contributed by atoms with Crippen LogP contribution in [0.25, 0.3) is 6.08 Å². The molecule has 5 unspecified atom stereocenters. The fourth-order valence-electron chi connectivity index (χ4n) is 4.49. The number of nitrogens with zero attached hydrogens (tertiary/aromatic N) is 4. The third-order valence-electron chi connectivity index (χ3n) is 5.35. The zero-order valence-electron chi connectivity index (χ0n) is 12.9. The topological polar surface area (TPSA) is 62.5 Å². The number of carbonyl (C=O) groups excluding carboxylic acids is 1. The van der Waals surface area contributed by atoms with E-state index in [1.807, 2.05) is 12.7 Å². The Morgan fingerprint density at radius 1 is 1.50 bits per heavy atom. The van der Waals surface area contributed by atoms with Crippen LogP contribution in [0.3, 0.4) is 0 Å². The van der Waals surface area contributed by atoms with Crippen molar-refractivity contribution in [2.24, 2.45) is 22.9 Å². The first-order valence-corrected chi connectivity index (χ1v) is 7.88. The van der Waals surface area contributed by atoms with E-state index in [0.29, 0.717) is 11.8 Å². The Bertz CT molecular complexity index is 663. The molecule has 2 aliphatic heterocycles. The van der Waals surface area contributed by atoms with Crippen molar-refractivity contribution in [2.45, 2.75) is 38.9 Å². The van der Waals surface area contributed by atoms with E-state index in [1.54, 1.807) is 13.0 Å². The predicted molar refractivity (Wildman–Crippen MR) is 85.3 cm³/mol. The number of hydrogen-bond donors (Lipinski definition) is 1. The van der Waals surface area contributed by atoms with E-state index in [-0.39, 0.29) is 23.9 Å². The molecule has 1 N–H and O–H groups in total. The quantitative estimate of drug-likeness (QED) is 0.907. The molecule has 0 spiro atoms. The number of hydrogen-bond acceptors (Lipinski definition) is 5. The summed E-state index contributed by atoms with van der Waals surface area (Å²) < 4.78 is 2.18. The van der Waals surface area contributed by atoms with Gasteiger partial charge in [-0.15, -0.1) is 0 Å². The molecule has 1 aliphatic carbocycles. The van der Waals surface area contributed by atoms with Crippen molar-refractivity contribution < 1.29 is 4.79 Å². The van der Waals surface area contributed by atoms with Crippen molar-refractivity contribution in [2.75, 3.05) is 4.90 Å². The van der Waals surface area contributed by atoms with Gasteiger partial charge >= 0.3 is 0 Å². The first-order chi connectivity index (χ1) is 10.6. The van der Waals surface area contributed by atoms with Gasteiger partial charge in [-0.25, -0.2) is 4.98 Å². The number of hydrazone groups is 1. The lowest BCUT2D eigenvalue weighted by molar-refractivity contribution is -0.125. The number of ketones is 1. The van der Waals surface area contributed by atoms with Crippen LogP contribution in [-0.4, -0.2) is 27.8 Å². The Labute approximate surface area is 129 Å². The van der Waals surface area contributed by atoms with E-state index in [9.17, 15) is 4.79 Å². The van der Waals surface area contributed by atoms with Gasteiger partial charge in [0.05, 0.1) is 12.4 Å². The number of rotatable bonds is 2. The van der Waals surface area contributed by atoms with Gasteiger partial charge in [0.25, 0.3) is 0 Å². The summed E-state index contributed by atoms with van der Waals surface area (Å²) in [6.07, 6.45) is 7.60. The summed E-state index contributed by atoms with van der Waals surface area (Å²) in [5.41, 5.74) is 4.08. The second kappa shape index (κ2) is 4.69. The summed E-state index contributed by atoms with van der Waals surface area (Å²) in [6.45, 7) is 7.82. The molecule has 22 heavy (non-hydrogen) atoms. The predicted octanol–water partition coefficient (Wildman–Crippen LogP) is 2.01. The summed E-state index contributed by atoms with van der Waals surface area (Å²) in [5.74, 6) is 2.20. The van der Waals surface area contributed by atoms with E-state index in [4.69, 9.17) is 0 Å². The van der Waals surface area contributed by atoms with Crippen LogP contribution in [0.15, 0.2) is 18.0 Å². The summed E-state index contributed by atoms with van der Waals surface area (Å²) in [6, 6.07) is 0.153. The van der Waals surface area contributed by atoms with Crippen LogP contribution in [0.2, 0.25) is 0 Å². The van der Waals surface area contributed by atoms with Crippen molar-refractivity contribution in [3.63, 3.8) is 0 Å². The Kier molecular flexibility index (Phi) is 2.89. The molecule has 1 aromatic rings. The summed E-state index contributed by atoms with van der Waals surface area (Å²) in [5, 5.41) is 4.26. The molecule has 0 amide bonds. The van der Waals surface area contributed by atoms with Crippen LogP contribution < -0.4 is 10.3 Å². The maximum Gasteiger partial charge on any atom is 0.143 e. The van der Waals surface area contributed by atoms with Gasteiger partial charge in [-0.1, -0.05) is 13.5 Å². The maximum atomic E-state index is 12.3. The Hall–Kier alpha value is -2.11. The zero-order chi connectivity index (χ0) is 15.4. The van der Waals surface area contributed by atoms with Gasteiger partial charge in [0.1, 0.15) is 29.8 Å². The first-order valence-electron chi connectivity index (χ1n) is 7.88. The van der Waals surface area contributed by atoms with Crippen molar-refractivity contribution >= 4 is 24.0 Å². The van der Waals surface area contributed by atoms with Gasteiger partial charge in [-0.05, 0) is 31.8 Å². The minimum Gasteiger partial charge on any atom is -0.312 e. The molecule has 4 rings (SSSR count). The van der Waals surface area contributed by atoms with Crippen LogP contribution in [0.1, 0.15) is 38.4 Å². The molecule has 1 aromatic heterocycles. The molecule has 3 aliphatic rings. The van der Waals surface area contributed by atoms with Gasteiger partial charge in [-0.3, -0.25) is 15.1 Å². The summed E-state index contributed by atoms with van der Waals surface area (Å²) in [4.78, 5) is 18.9. The molecular weight excluding hydrogens is 278 g/mol. The SMILES string of the molecule is C=Cc1ncn2c1N1C=NNC1C1CC(C)CC(C(C)=O)C12. The van der Waals surface area contributed by atoms with E-state index >= 15 is 0 Å². The van der Waals surface area contributed by atoms with E-state index in [0.717, 1.165) is 24.4 Å². The maximum absolute atomic E-state index is 12.3. The fraction of sp³-hybridized carbons (Fsp3) is 0.562. The van der Waals surface area contributed by atoms with Crippen molar-refractivity contribution in [3.8, 4) is 0 Å². The zero-order valence-corrected chi connectivity index (χ0v) is 12.9. The minimum atomic E-state index is 0.0453. The molecule has 6 nitrogen and oxygen atoms in total. The third-order valence-corrected chi connectivity index (χ3v) is 5.35. The number of nitrogens with one attached hydrogen (secondary N) is 1. The molecular formula is C16H21N5O. The van der Waals surface area contributed by atoms with Crippen LogP contribution in [0.4, 0.5) is 5.82 Å². The van der Waals surface area contributed by atoms with Crippen molar-refractivity contribution in [1.82, 2.24) is 15.0 Å². The lowest BCUT2D eigenvalue weighted by Crippen LogP contribution is -2.55. The molecule has 0 radical (unpaired) electrons. The van der Waals surface area contributed by atoms with E-state index < -0.39 is 0 Å². The highest BCUT2D eigenvalue weighted by molar-refractivity contribution is 5.85. The molecule has 6 heteroatoms. The molecule has 0 bridgehead atoms. The summed E-state index contributed by atoms with van der Waals surface area (Å²) in [7, 11) is 0. The molecule has 1 saturated carbocycles. The molecule has 5 atom stereocenters. The lowest BCUT2D eigenvalue weighted by Gasteiger charge is -2.49. The highest BCUT2D eigenvalue weighted by atomic mass is 16.1. The average molecular weight is 299 g/mol. The second-order valence-corrected chi connectivity index (χ2v) is 6.74. The first kappa shape index (κ1) is 13.5. The van der Waals surface area contributed by atoms with Gasteiger partial charge < -0.3 is 4.57 Å². The lowest BCUT2D eigenvalue weighted by atomic mass is 9.68. The minimum absolute atomic E-state index is 0.0453. The Balaban J connectivity index is 1.88. The normalized spacial score (nSPS) is 35.4. The standard InChI is InChI=1S/C16H21N5O/c1-4-13-16-20(7-17-13)14-11(10(3)22)5-9(2)6-12(14)15-19-18-8-21(15)16/h4,7-9,11-12,14-15,19H,1,5-6H2,2-3H3. The van der Waals surface area contributed by atoms with Crippen LogP contribution in [0.5, 0.6) is 0 Å². The molecule has 1 fully saturated rings. The molecule has 3 heterocycles. The van der Waals surface area contributed by atoms with Crippen molar-refractivity contribution in [3.05, 3.63) is 18.6 Å². The molecule has 0 aromatic carbocycles. The second-order valence-electron chi connectivity index (χ2n) is 6.74. The van der Waals surface area contributed by atoms with Gasteiger partial charge in [0.15, 0.2) is 0 Å². The smallest absolute Gasteiger partial charge is 0.143 e. The monoisotopic (exact) mass is 299 g/mol. The van der Waals surface area contributed by atoms with Gasteiger partial charge in [0.2, 0.25) is 0 Å². The largest absolute Gasteiger partial charge is 0.312 e. The number of imidazole rings is 1. The van der Waals surface area contributed by atoms with Crippen LogP contribution in [-0.2, 0) is 4.79 Å². The number of anilines is 1. The fourth-order valence-corrected chi connectivity index (χ4v) is 4.49. The number of aromatic nitrogens is 2. The third kappa shape index (κ3) is 1.69. The highest BCUT2D eigenvalue weighted by Gasteiger charge is 2.50. The van der Waals surface area contributed by atoms with Crippen LogP contribution >= 0.6 is 0 Å². The van der Waals surface area contributed by atoms with Gasteiger partial charge in [-0.2, -0.15) is 5.10 Å². The Morgan fingerprint density at radius 2 is 2.32 bits per heavy atom. The van der Waals surface area contributed by atoms with Gasteiger partial charge in [0, 0.05) is 11.8 Å². The number of Topliss-reactive ketones (excluding diaryl/α,β-unsaturated/α-hetero) is 1. The van der Waals surface area contributed by atoms with E-state index in [1.165, 1.54) is 0 Å².